The van der Waals surface area contributed by atoms with Gasteiger partial charge in [-0.2, -0.15) is 0 Å². The van der Waals surface area contributed by atoms with Gasteiger partial charge in [-0.1, -0.05) is 64.5 Å². The van der Waals surface area contributed by atoms with E-state index in [-0.39, 0.29) is 25.2 Å². The zero-order valence-electron chi connectivity index (χ0n) is 25.1. The SMILES string of the molecule is CO[C@@H]1OC2COC(c3ccccc3)O[C@@H]2[C@H](OCc2cn(C3=CCCC(Cl)=C3)nn2)C1OCc1cn(C2=CC(Cl)CC=C2)nn1. The van der Waals surface area contributed by atoms with E-state index in [1.165, 1.54) is 0 Å². The van der Waals surface area contributed by atoms with Crippen LogP contribution in [0.15, 0.2) is 78.1 Å². The summed E-state index contributed by atoms with van der Waals surface area (Å²) in [6.07, 6.45) is 12.3. The van der Waals surface area contributed by atoms with Crippen LogP contribution >= 0.6 is 23.2 Å². The average Bonchev–Trinajstić information content (AvgIpc) is 3.77. The van der Waals surface area contributed by atoms with Crippen LogP contribution < -0.4 is 0 Å². The second-order valence-electron chi connectivity index (χ2n) is 11.3. The van der Waals surface area contributed by atoms with Crippen LogP contribution in [0.1, 0.15) is 42.5 Å². The highest BCUT2D eigenvalue weighted by Gasteiger charge is 2.51. The van der Waals surface area contributed by atoms with Crippen molar-refractivity contribution in [1.29, 1.82) is 0 Å². The zero-order chi connectivity index (χ0) is 31.5. The first-order valence-electron chi connectivity index (χ1n) is 15.2. The van der Waals surface area contributed by atoms with E-state index in [1.807, 2.05) is 67.0 Å². The molecule has 2 aromatic heterocycles. The minimum atomic E-state index is -0.766. The fourth-order valence-electron chi connectivity index (χ4n) is 5.82. The number of alkyl halides is 1. The van der Waals surface area contributed by atoms with Gasteiger partial charge in [0.15, 0.2) is 12.6 Å². The average molecular weight is 670 g/mol. The normalized spacial score (nSPS) is 29.5. The van der Waals surface area contributed by atoms with Crippen LogP contribution in [0.5, 0.6) is 0 Å². The van der Waals surface area contributed by atoms with E-state index >= 15 is 0 Å². The Bertz CT molecular complexity index is 1620. The van der Waals surface area contributed by atoms with Crippen LogP contribution in [0.2, 0.25) is 0 Å². The molecule has 2 saturated heterocycles. The molecule has 2 fully saturated rings. The van der Waals surface area contributed by atoms with E-state index in [1.54, 1.807) is 16.5 Å². The third-order valence-corrected chi connectivity index (χ3v) is 8.69. The van der Waals surface area contributed by atoms with Gasteiger partial charge in [-0.3, -0.25) is 0 Å². The molecule has 0 N–H and O–H groups in total. The lowest BCUT2D eigenvalue weighted by atomic mass is 9.97. The quantitative estimate of drug-likeness (QED) is 0.274. The van der Waals surface area contributed by atoms with Crippen molar-refractivity contribution in [2.75, 3.05) is 13.7 Å². The summed E-state index contributed by atoms with van der Waals surface area (Å²) in [7, 11) is 1.57. The van der Waals surface area contributed by atoms with Gasteiger partial charge in [0.1, 0.15) is 35.8 Å². The van der Waals surface area contributed by atoms with Gasteiger partial charge in [0.25, 0.3) is 0 Å². The van der Waals surface area contributed by atoms with Crippen molar-refractivity contribution in [2.45, 2.75) is 74.8 Å². The van der Waals surface area contributed by atoms with Crippen molar-refractivity contribution in [3.8, 4) is 0 Å². The molecule has 7 rings (SSSR count). The Balaban J connectivity index is 1.11. The zero-order valence-corrected chi connectivity index (χ0v) is 26.6. The topological polar surface area (TPSA) is 117 Å². The Kier molecular flexibility index (Phi) is 9.75. The Hall–Kier alpha value is -3.20. The van der Waals surface area contributed by atoms with Gasteiger partial charge >= 0.3 is 0 Å². The maximum atomic E-state index is 6.57. The number of rotatable bonds is 10. The third kappa shape index (κ3) is 7.04. The number of benzene rings is 1. The molecule has 242 valence electrons. The van der Waals surface area contributed by atoms with Crippen molar-refractivity contribution in [3.05, 3.63) is 95.1 Å². The first kappa shape index (κ1) is 31.4. The molecule has 12 nitrogen and oxygen atoms in total. The molecule has 0 amide bonds. The molecule has 7 atom stereocenters. The number of allylic oxidation sites excluding steroid dienone is 8. The second-order valence-corrected chi connectivity index (χ2v) is 12.4. The van der Waals surface area contributed by atoms with Crippen LogP contribution in [0.3, 0.4) is 0 Å². The Morgan fingerprint density at radius 1 is 0.957 bits per heavy atom. The monoisotopic (exact) mass is 668 g/mol. The highest BCUT2D eigenvalue weighted by Crippen LogP contribution is 2.37. The van der Waals surface area contributed by atoms with E-state index in [0.29, 0.717) is 11.4 Å². The molecular formula is C32H34Cl2N6O6. The van der Waals surface area contributed by atoms with E-state index in [9.17, 15) is 0 Å². The molecule has 0 spiro atoms. The van der Waals surface area contributed by atoms with Gasteiger partial charge in [0.05, 0.1) is 49.0 Å². The van der Waals surface area contributed by atoms with E-state index in [4.69, 9.17) is 51.6 Å². The van der Waals surface area contributed by atoms with Gasteiger partial charge in [0.2, 0.25) is 0 Å². The summed E-state index contributed by atoms with van der Waals surface area (Å²) in [5.74, 6) is 0. The Labute approximate surface area is 276 Å². The summed E-state index contributed by atoms with van der Waals surface area (Å²) in [4.78, 5) is 0. The molecule has 0 radical (unpaired) electrons. The molecule has 4 aliphatic rings. The number of nitrogens with zero attached hydrogens (tertiary/aromatic N) is 6. The first-order chi connectivity index (χ1) is 22.5. The maximum Gasteiger partial charge on any atom is 0.186 e. The Morgan fingerprint density at radius 3 is 2.41 bits per heavy atom. The number of halogens is 2. The number of methoxy groups -OCH3 is 1. The van der Waals surface area contributed by atoms with E-state index in [2.05, 4.69) is 26.7 Å². The highest BCUT2D eigenvalue weighted by atomic mass is 35.5. The molecule has 4 unspecified atom stereocenters. The lowest BCUT2D eigenvalue weighted by Crippen LogP contribution is -2.63. The molecule has 14 heteroatoms. The van der Waals surface area contributed by atoms with Gasteiger partial charge in [-0.15, -0.1) is 21.8 Å². The van der Waals surface area contributed by atoms with Crippen molar-refractivity contribution in [2.24, 2.45) is 0 Å². The second kappa shape index (κ2) is 14.3. The molecule has 46 heavy (non-hydrogen) atoms. The maximum absolute atomic E-state index is 6.57. The summed E-state index contributed by atoms with van der Waals surface area (Å²) in [5.41, 5.74) is 3.86. The van der Waals surface area contributed by atoms with Gasteiger partial charge < -0.3 is 28.4 Å². The number of aromatic nitrogens is 6. The van der Waals surface area contributed by atoms with Gasteiger partial charge in [-0.05, 0) is 37.5 Å². The number of ether oxygens (including phenoxy) is 6. The smallest absolute Gasteiger partial charge is 0.186 e. The predicted molar refractivity (Wildman–Crippen MR) is 168 cm³/mol. The third-order valence-electron chi connectivity index (χ3n) is 8.09. The molecule has 0 bridgehead atoms. The van der Waals surface area contributed by atoms with Crippen molar-refractivity contribution >= 4 is 34.6 Å². The van der Waals surface area contributed by atoms with Crippen molar-refractivity contribution in [3.63, 3.8) is 0 Å². The summed E-state index contributed by atoms with van der Waals surface area (Å²) >= 11 is 12.6. The van der Waals surface area contributed by atoms with Crippen LogP contribution in [-0.2, 0) is 41.6 Å². The number of fused-ring (bicyclic) bond motifs is 1. The van der Waals surface area contributed by atoms with Crippen LogP contribution in [0.4, 0.5) is 0 Å². The van der Waals surface area contributed by atoms with Crippen LogP contribution in [0, 0.1) is 0 Å². The molecule has 3 aromatic rings. The molecular weight excluding hydrogens is 635 g/mol. The minimum absolute atomic E-state index is 0.0916. The standard InChI is InChI=1S/C32H34Cl2N6O6/c1-41-32-30(43-18-24-16-40(38-36-24)26-12-6-10-22(34)14-26)29(28-27(45-32)19-44-31(46-28)20-7-3-2-4-8-20)42-17-23-15-39(37-35-23)25-11-5-9-21(33)13-25/h2-4,6-8,11-16,22,27-32H,5,9-10,17-19H2,1H3/t22?,27?,28-,29-,30?,31?,32+/m0/s1. The van der Waals surface area contributed by atoms with Gasteiger partial charge in [0, 0.05) is 17.7 Å². The lowest BCUT2D eigenvalue weighted by molar-refractivity contribution is -0.369. The summed E-state index contributed by atoms with van der Waals surface area (Å²) < 4.78 is 41.0. The van der Waals surface area contributed by atoms with Crippen LogP contribution in [-0.4, -0.2) is 79.8 Å². The molecule has 4 heterocycles. The summed E-state index contributed by atoms with van der Waals surface area (Å²) in [6, 6.07) is 9.76. The largest absolute Gasteiger partial charge is 0.366 e. The molecule has 1 aromatic carbocycles. The molecule has 2 aliphatic heterocycles. The Morgan fingerprint density at radius 2 is 1.70 bits per heavy atom. The first-order valence-corrected chi connectivity index (χ1v) is 16.0. The summed E-state index contributed by atoms with van der Waals surface area (Å²) in [6.45, 7) is 0.556. The molecule has 0 saturated carbocycles. The van der Waals surface area contributed by atoms with E-state index < -0.39 is 37.0 Å². The fourth-order valence-corrected chi connectivity index (χ4v) is 6.27. The predicted octanol–water partition coefficient (Wildman–Crippen LogP) is 4.99. The van der Waals surface area contributed by atoms with Crippen molar-refractivity contribution < 1.29 is 28.4 Å². The lowest BCUT2D eigenvalue weighted by Gasteiger charge is -2.48. The number of hydrogen-bond acceptors (Lipinski definition) is 10. The number of hydrogen-bond donors (Lipinski definition) is 0. The van der Waals surface area contributed by atoms with Crippen molar-refractivity contribution in [1.82, 2.24) is 30.0 Å². The summed E-state index contributed by atoms with van der Waals surface area (Å²) in [5, 5.41) is 17.9. The van der Waals surface area contributed by atoms with Gasteiger partial charge in [-0.25, -0.2) is 9.36 Å². The fraction of sp³-hybridized carbons (Fsp3) is 0.438. The molecule has 2 aliphatic carbocycles. The minimum Gasteiger partial charge on any atom is -0.366 e. The van der Waals surface area contributed by atoms with Crippen LogP contribution in [0.25, 0.3) is 11.4 Å². The van der Waals surface area contributed by atoms with E-state index in [0.717, 1.165) is 41.3 Å². The highest BCUT2D eigenvalue weighted by molar-refractivity contribution is 6.30.